The van der Waals surface area contributed by atoms with Gasteiger partial charge in [-0.3, -0.25) is 18.9 Å². The lowest BCUT2D eigenvalue weighted by Gasteiger charge is -2.39. The Hall–Kier alpha value is -3.43. The zero-order valence-electron chi connectivity index (χ0n) is 14.9. The number of carbonyl (C=O) groups is 1. The molecule has 0 aliphatic carbocycles. The van der Waals surface area contributed by atoms with Crippen LogP contribution < -0.4 is 5.69 Å². The van der Waals surface area contributed by atoms with Crippen LogP contribution in [0.4, 0.5) is 17.6 Å². The van der Waals surface area contributed by atoms with E-state index in [1.54, 1.807) is 6.07 Å². The van der Waals surface area contributed by atoms with Crippen molar-refractivity contribution in [2.75, 3.05) is 13.1 Å². The molecule has 0 saturated carbocycles. The summed E-state index contributed by atoms with van der Waals surface area (Å²) >= 11 is 0. The molecule has 0 radical (unpaired) electrons. The third-order valence-corrected chi connectivity index (χ3v) is 4.88. The maximum atomic E-state index is 13.1. The molecule has 0 unspecified atom stereocenters. The van der Waals surface area contributed by atoms with Gasteiger partial charge in [-0.15, -0.1) is 0 Å². The molecule has 1 aliphatic rings. The molecule has 1 aromatic carbocycles. The van der Waals surface area contributed by atoms with E-state index >= 15 is 0 Å². The number of likely N-dealkylation sites (tertiary alicyclic amines) is 1. The lowest BCUT2D eigenvalue weighted by molar-refractivity contribution is -0.137. The van der Waals surface area contributed by atoms with Crippen LogP contribution in [0.5, 0.6) is 0 Å². The van der Waals surface area contributed by atoms with Crippen LogP contribution in [0.1, 0.15) is 11.6 Å². The molecule has 1 fully saturated rings. The maximum Gasteiger partial charge on any atom is 0.416 e. The lowest BCUT2D eigenvalue weighted by Crippen LogP contribution is -2.52. The highest BCUT2D eigenvalue weighted by Crippen LogP contribution is 2.31. The Morgan fingerprint density at radius 1 is 1.10 bits per heavy atom. The van der Waals surface area contributed by atoms with Crippen LogP contribution in [0.2, 0.25) is 0 Å². The van der Waals surface area contributed by atoms with Gasteiger partial charge < -0.3 is 4.90 Å². The average molecular weight is 406 g/mol. The number of aromatic nitrogens is 3. The Labute approximate surface area is 161 Å². The van der Waals surface area contributed by atoms with E-state index in [2.05, 4.69) is 11.6 Å². The van der Waals surface area contributed by atoms with Crippen LogP contribution in [0.15, 0.2) is 59.9 Å². The second kappa shape index (κ2) is 6.57. The highest BCUT2D eigenvalue weighted by Gasteiger charge is 2.36. The van der Waals surface area contributed by atoms with Gasteiger partial charge in [0.1, 0.15) is 0 Å². The molecule has 3 aromatic rings. The number of hydrogen-bond acceptors (Lipinski definition) is 3. The van der Waals surface area contributed by atoms with E-state index in [4.69, 9.17) is 0 Å². The van der Waals surface area contributed by atoms with Crippen molar-refractivity contribution in [2.24, 2.45) is 0 Å². The van der Waals surface area contributed by atoms with Gasteiger partial charge in [0.15, 0.2) is 5.83 Å². The summed E-state index contributed by atoms with van der Waals surface area (Å²) in [6.07, 6.45) is -1.56. The predicted molar refractivity (Wildman–Crippen MR) is 96.2 cm³/mol. The minimum absolute atomic E-state index is 0.121. The average Bonchev–Trinajstić information content (AvgIpc) is 2.92. The molecule has 3 heterocycles. The van der Waals surface area contributed by atoms with Gasteiger partial charge >= 0.3 is 11.9 Å². The Morgan fingerprint density at radius 2 is 1.76 bits per heavy atom. The van der Waals surface area contributed by atoms with E-state index in [0.29, 0.717) is 11.0 Å². The van der Waals surface area contributed by atoms with Crippen molar-refractivity contribution in [3.8, 4) is 5.69 Å². The van der Waals surface area contributed by atoms with Crippen molar-refractivity contribution in [1.82, 2.24) is 19.0 Å². The summed E-state index contributed by atoms with van der Waals surface area (Å²) in [7, 11) is 0. The second-order valence-corrected chi connectivity index (χ2v) is 6.67. The first kappa shape index (κ1) is 18.9. The number of alkyl halides is 3. The first-order valence-corrected chi connectivity index (χ1v) is 8.56. The Bertz CT molecular complexity index is 1170. The molecule has 2 aromatic heterocycles. The van der Waals surface area contributed by atoms with Crippen LogP contribution in [0, 0.1) is 0 Å². The first-order chi connectivity index (χ1) is 13.7. The topological polar surface area (TPSA) is 60.1 Å². The van der Waals surface area contributed by atoms with E-state index in [1.807, 2.05) is 0 Å². The molecule has 0 spiro atoms. The van der Waals surface area contributed by atoms with Gasteiger partial charge in [0.05, 0.1) is 34.5 Å². The zero-order valence-corrected chi connectivity index (χ0v) is 14.9. The van der Waals surface area contributed by atoms with Crippen molar-refractivity contribution < 1.29 is 22.4 Å². The molecule has 1 saturated heterocycles. The van der Waals surface area contributed by atoms with Gasteiger partial charge in [0.25, 0.3) is 5.91 Å². The number of fused-ring (bicyclic) bond motifs is 1. The largest absolute Gasteiger partial charge is 0.416 e. The summed E-state index contributed by atoms with van der Waals surface area (Å²) in [5.74, 6) is -1.91. The van der Waals surface area contributed by atoms with Crippen LogP contribution in [0.3, 0.4) is 0 Å². The van der Waals surface area contributed by atoms with Crippen LogP contribution in [0.25, 0.3) is 16.7 Å². The SMILES string of the molecule is C=C(F)C(=O)N1CC(n2c(=O)n(-c3ccc(C(F)(F)F)cc3)c3cnccc32)C1. The third kappa shape index (κ3) is 3.10. The van der Waals surface area contributed by atoms with Gasteiger partial charge in [0.2, 0.25) is 0 Å². The lowest BCUT2D eigenvalue weighted by atomic mass is 10.1. The fraction of sp³-hybridized carbons (Fsp3) is 0.211. The van der Waals surface area contributed by atoms with Crippen LogP contribution in [-0.4, -0.2) is 38.0 Å². The van der Waals surface area contributed by atoms with E-state index in [1.165, 1.54) is 38.6 Å². The number of halogens is 4. The van der Waals surface area contributed by atoms with E-state index < -0.39 is 35.2 Å². The quantitative estimate of drug-likeness (QED) is 0.496. The first-order valence-electron chi connectivity index (χ1n) is 8.56. The molecule has 150 valence electrons. The van der Waals surface area contributed by atoms with Crippen molar-refractivity contribution in [3.63, 3.8) is 0 Å². The predicted octanol–water partition coefficient (Wildman–Crippen LogP) is 3.07. The number of hydrogen-bond donors (Lipinski definition) is 0. The monoisotopic (exact) mass is 406 g/mol. The summed E-state index contributed by atoms with van der Waals surface area (Å²) < 4.78 is 54.2. The molecule has 1 aliphatic heterocycles. The molecule has 0 N–H and O–H groups in total. The Kier molecular flexibility index (Phi) is 4.29. The van der Waals surface area contributed by atoms with E-state index in [0.717, 1.165) is 12.1 Å². The number of benzene rings is 1. The standard InChI is InChI=1S/C19H14F4N4O2/c1-11(20)17(28)25-9-14(10-25)27-15-6-7-24-8-16(15)26(18(27)29)13-4-2-12(3-5-13)19(21,22)23/h2-8,14H,1,9-10H2. The molecule has 10 heteroatoms. The molecule has 6 nitrogen and oxygen atoms in total. The summed E-state index contributed by atoms with van der Waals surface area (Å²) in [6.45, 7) is 3.21. The minimum Gasteiger partial charge on any atom is -0.332 e. The summed E-state index contributed by atoms with van der Waals surface area (Å²) in [4.78, 5) is 30.0. The van der Waals surface area contributed by atoms with Crippen LogP contribution in [-0.2, 0) is 11.0 Å². The molecular weight excluding hydrogens is 392 g/mol. The molecular formula is C19H14F4N4O2. The number of rotatable bonds is 3. The van der Waals surface area contributed by atoms with Gasteiger partial charge in [-0.2, -0.15) is 13.2 Å². The molecule has 1 amide bonds. The number of pyridine rings is 1. The smallest absolute Gasteiger partial charge is 0.332 e. The summed E-state index contributed by atoms with van der Waals surface area (Å²) in [6, 6.07) is 5.44. The van der Waals surface area contributed by atoms with Gasteiger partial charge in [-0.25, -0.2) is 9.18 Å². The van der Waals surface area contributed by atoms with E-state index in [-0.39, 0.29) is 18.8 Å². The maximum absolute atomic E-state index is 13.1. The van der Waals surface area contributed by atoms with Crippen molar-refractivity contribution in [3.05, 3.63) is 71.2 Å². The number of imidazole rings is 1. The molecule has 0 atom stereocenters. The minimum atomic E-state index is -4.48. The highest BCUT2D eigenvalue weighted by molar-refractivity contribution is 5.91. The normalized spacial score (nSPS) is 14.8. The fourth-order valence-corrected chi connectivity index (χ4v) is 3.43. The Balaban J connectivity index is 1.76. The highest BCUT2D eigenvalue weighted by atomic mass is 19.4. The van der Waals surface area contributed by atoms with Gasteiger partial charge in [-0.05, 0) is 30.3 Å². The second-order valence-electron chi connectivity index (χ2n) is 6.67. The van der Waals surface area contributed by atoms with Crippen LogP contribution >= 0.6 is 0 Å². The summed E-state index contributed by atoms with van der Waals surface area (Å²) in [5.41, 5.74) is -0.123. The van der Waals surface area contributed by atoms with Gasteiger partial charge in [-0.1, -0.05) is 6.58 Å². The third-order valence-electron chi connectivity index (χ3n) is 4.88. The van der Waals surface area contributed by atoms with E-state index in [9.17, 15) is 27.2 Å². The van der Waals surface area contributed by atoms with Crippen molar-refractivity contribution >= 4 is 16.9 Å². The summed E-state index contributed by atoms with van der Waals surface area (Å²) in [5, 5.41) is 0. The van der Waals surface area contributed by atoms with Crippen molar-refractivity contribution in [1.29, 1.82) is 0 Å². The Morgan fingerprint density at radius 3 is 2.34 bits per heavy atom. The molecule has 29 heavy (non-hydrogen) atoms. The number of amides is 1. The van der Waals surface area contributed by atoms with Crippen molar-refractivity contribution in [2.45, 2.75) is 12.2 Å². The molecule has 0 bridgehead atoms. The number of nitrogens with zero attached hydrogens (tertiary/aromatic N) is 4. The molecule has 4 rings (SSSR count). The zero-order chi connectivity index (χ0) is 20.9. The van der Waals surface area contributed by atoms with Gasteiger partial charge in [0, 0.05) is 19.3 Å². The fourth-order valence-electron chi connectivity index (χ4n) is 3.43. The number of carbonyl (C=O) groups excluding carboxylic acids is 1.